The van der Waals surface area contributed by atoms with Gasteiger partial charge in [0.15, 0.2) is 0 Å². The highest BCUT2D eigenvalue weighted by Crippen LogP contribution is 2.30. The van der Waals surface area contributed by atoms with E-state index in [4.69, 9.17) is 4.74 Å². The monoisotopic (exact) mass is 401 g/mol. The number of rotatable bonds is 6. The van der Waals surface area contributed by atoms with Gasteiger partial charge in [0.05, 0.1) is 19.0 Å². The summed E-state index contributed by atoms with van der Waals surface area (Å²) in [5.74, 6) is 0.611. The topological polar surface area (TPSA) is 63.6 Å². The number of benzene rings is 1. The normalized spacial score (nSPS) is 17.9. The van der Waals surface area contributed by atoms with Crippen LogP contribution in [0, 0.1) is 0 Å². The van der Waals surface area contributed by atoms with Crippen LogP contribution in [0.25, 0.3) is 10.9 Å². The molecule has 150 valence electrons. The Bertz CT molecular complexity index is 839. The van der Waals surface area contributed by atoms with Crippen LogP contribution in [0.15, 0.2) is 35.4 Å². The van der Waals surface area contributed by atoms with E-state index in [1.165, 1.54) is 12.8 Å². The van der Waals surface area contributed by atoms with Gasteiger partial charge in [0.25, 0.3) is 0 Å². The Morgan fingerprint density at radius 1 is 1.14 bits per heavy atom. The summed E-state index contributed by atoms with van der Waals surface area (Å²) in [6, 6.07) is 8.42. The number of hydrogen-bond donors (Lipinski definition) is 1. The molecule has 2 amide bonds. The minimum absolute atomic E-state index is 0.0955. The van der Waals surface area contributed by atoms with Gasteiger partial charge in [0.2, 0.25) is 11.8 Å². The second-order valence-electron chi connectivity index (χ2n) is 7.47. The number of ether oxygens (including phenoxy) is 1. The molecular formula is C21H27N3O3S. The maximum Gasteiger partial charge on any atom is 0.242 e. The van der Waals surface area contributed by atoms with Gasteiger partial charge < -0.3 is 19.5 Å². The maximum absolute atomic E-state index is 12.7. The van der Waals surface area contributed by atoms with Gasteiger partial charge in [-0.05, 0) is 18.9 Å². The summed E-state index contributed by atoms with van der Waals surface area (Å²) in [5.41, 5.74) is 1.03. The maximum atomic E-state index is 12.7. The number of carbonyl (C=O) groups excluding carboxylic acids is 2. The lowest BCUT2D eigenvalue weighted by Gasteiger charge is -2.27. The lowest BCUT2D eigenvalue weighted by molar-refractivity contribution is -0.135. The molecule has 1 aromatic carbocycles. The van der Waals surface area contributed by atoms with Gasteiger partial charge in [-0.25, -0.2) is 0 Å². The van der Waals surface area contributed by atoms with Gasteiger partial charge in [-0.1, -0.05) is 31.0 Å². The third-order valence-corrected chi connectivity index (χ3v) is 6.54. The summed E-state index contributed by atoms with van der Waals surface area (Å²) in [4.78, 5) is 27.9. The van der Waals surface area contributed by atoms with Crippen molar-refractivity contribution < 1.29 is 14.3 Å². The summed E-state index contributed by atoms with van der Waals surface area (Å²) in [5, 5.41) is 4.23. The molecule has 1 saturated heterocycles. The van der Waals surface area contributed by atoms with E-state index in [2.05, 4.69) is 11.4 Å². The highest BCUT2D eigenvalue weighted by Gasteiger charge is 2.20. The average Bonchev–Trinajstić information content (AvgIpc) is 3.35. The predicted molar refractivity (Wildman–Crippen MR) is 110 cm³/mol. The number of fused-ring (bicyclic) bond motifs is 1. The van der Waals surface area contributed by atoms with Crippen LogP contribution in [0.1, 0.15) is 25.7 Å². The lowest BCUT2D eigenvalue weighted by atomic mass is 10.2. The Morgan fingerprint density at radius 3 is 2.68 bits per heavy atom. The van der Waals surface area contributed by atoms with E-state index >= 15 is 0 Å². The van der Waals surface area contributed by atoms with Crippen molar-refractivity contribution in [3.8, 4) is 0 Å². The zero-order valence-corrected chi connectivity index (χ0v) is 16.9. The fourth-order valence-electron chi connectivity index (χ4n) is 4.00. The smallest absolute Gasteiger partial charge is 0.242 e. The number of morpholine rings is 1. The molecular weight excluding hydrogens is 374 g/mol. The Balaban J connectivity index is 1.43. The van der Waals surface area contributed by atoms with E-state index in [-0.39, 0.29) is 11.8 Å². The molecule has 1 aliphatic heterocycles. The SMILES string of the molecule is O=C(CSc1cn(CC(=O)N2CCOCC2)c2ccccc12)NC1CCCC1. The average molecular weight is 402 g/mol. The first-order valence-electron chi connectivity index (χ1n) is 10.1. The number of nitrogens with zero attached hydrogens (tertiary/aromatic N) is 2. The first-order valence-corrected chi connectivity index (χ1v) is 11.0. The van der Waals surface area contributed by atoms with E-state index in [9.17, 15) is 9.59 Å². The fourth-order valence-corrected chi connectivity index (χ4v) is 4.90. The Hall–Kier alpha value is -1.99. The first-order chi connectivity index (χ1) is 13.7. The third kappa shape index (κ3) is 4.52. The van der Waals surface area contributed by atoms with E-state index in [0.717, 1.165) is 28.6 Å². The van der Waals surface area contributed by atoms with E-state index in [0.29, 0.717) is 44.6 Å². The van der Waals surface area contributed by atoms with Gasteiger partial charge in [0, 0.05) is 41.1 Å². The molecule has 2 fully saturated rings. The van der Waals surface area contributed by atoms with Gasteiger partial charge in [-0.3, -0.25) is 9.59 Å². The van der Waals surface area contributed by atoms with Crippen molar-refractivity contribution in [3.63, 3.8) is 0 Å². The summed E-state index contributed by atoms with van der Waals surface area (Å²) in [7, 11) is 0. The van der Waals surface area contributed by atoms with Crippen LogP contribution < -0.4 is 5.32 Å². The van der Waals surface area contributed by atoms with Gasteiger partial charge >= 0.3 is 0 Å². The zero-order valence-electron chi connectivity index (χ0n) is 16.1. The molecule has 1 aromatic heterocycles. The van der Waals surface area contributed by atoms with Crippen LogP contribution in [-0.4, -0.2) is 59.4 Å². The first kappa shape index (κ1) is 19.3. The van der Waals surface area contributed by atoms with Crippen LogP contribution in [0.2, 0.25) is 0 Å². The van der Waals surface area contributed by atoms with Crippen molar-refractivity contribution in [1.29, 1.82) is 0 Å². The number of para-hydroxylation sites is 1. The molecule has 1 aliphatic carbocycles. The Labute approximate surface area is 169 Å². The minimum atomic E-state index is 0.0955. The van der Waals surface area contributed by atoms with Crippen LogP contribution in [0.3, 0.4) is 0 Å². The molecule has 4 rings (SSSR count). The van der Waals surface area contributed by atoms with Crippen molar-refractivity contribution in [2.45, 2.75) is 43.2 Å². The molecule has 2 aliphatic rings. The second kappa shape index (κ2) is 9.01. The van der Waals surface area contributed by atoms with Crippen LogP contribution in [-0.2, 0) is 20.9 Å². The zero-order chi connectivity index (χ0) is 19.3. The van der Waals surface area contributed by atoms with Crippen LogP contribution >= 0.6 is 11.8 Å². The summed E-state index contributed by atoms with van der Waals surface area (Å²) < 4.78 is 7.34. The fraction of sp³-hybridized carbons (Fsp3) is 0.524. The molecule has 0 radical (unpaired) electrons. The van der Waals surface area contributed by atoms with E-state index in [1.807, 2.05) is 33.9 Å². The molecule has 2 aromatic rings. The molecule has 7 heteroatoms. The van der Waals surface area contributed by atoms with E-state index in [1.54, 1.807) is 11.8 Å². The molecule has 0 unspecified atom stereocenters. The second-order valence-corrected chi connectivity index (χ2v) is 8.49. The largest absolute Gasteiger partial charge is 0.378 e. The van der Waals surface area contributed by atoms with Crippen LogP contribution in [0.5, 0.6) is 0 Å². The number of amides is 2. The van der Waals surface area contributed by atoms with Crippen molar-refractivity contribution in [3.05, 3.63) is 30.5 Å². The number of thioether (sulfide) groups is 1. The van der Waals surface area contributed by atoms with Crippen molar-refractivity contribution in [2.24, 2.45) is 0 Å². The minimum Gasteiger partial charge on any atom is -0.378 e. The Kier molecular flexibility index (Phi) is 6.22. The molecule has 6 nitrogen and oxygen atoms in total. The quantitative estimate of drug-likeness (QED) is 0.756. The molecule has 0 atom stereocenters. The number of nitrogens with one attached hydrogen (secondary N) is 1. The number of hydrogen-bond acceptors (Lipinski definition) is 4. The molecule has 28 heavy (non-hydrogen) atoms. The molecule has 1 saturated carbocycles. The molecule has 0 bridgehead atoms. The van der Waals surface area contributed by atoms with Crippen molar-refractivity contribution in [1.82, 2.24) is 14.8 Å². The molecule has 1 N–H and O–H groups in total. The summed E-state index contributed by atoms with van der Waals surface area (Å²) in [6.45, 7) is 2.84. The summed E-state index contributed by atoms with van der Waals surface area (Å²) in [6.07, 6.45) is 6.63. The van der Waals surface area contributed by atoms with Crippen molar-refractivity contribution >= 4 is 34.5 Å². The van der Waals surface area contributed by atoms with Gasteiger partial charge in [-0.15, -0.1) is 11.8 Å². The highest BCUT2D eigenvalue weighted by molar-refractivity contribution is 8.00. The Morgan fingerprint density at radius 2 is 1.89 bits per heavy atom. The van der Waals surface area contributed by atoms with Gasteiger partial charge in [-0.2, -0.15) is 0 Å². The van der Waals surface area contributed by atoms with Crippen LogP contribution in [0.4, 0.5) is 0 Å². The predicted octanol–water partition coefficient (Wildman–Crippen LogP) is 2.65. The summed E-state index contributed by atoms with van der Waals surface area (Å²) >= 11 is 1.55. The molecule has 0 spiro atoms. The lowest BCUT2D eigenvalue weighted by Crippen LogP contribution is -2.42. The van der Waals surface area contributed by atoms with Gasteiger partial charge in [0.1, 0.15) is 6.54 Å². The number of aromatic nitrogens is 1. The number of carbonyl (C=O) groups is 2. The molecule has 2 heterocycles. The highest BCUT2D eigenvalue weighted by atomic mass is 32.2. The third-order valence-electron chi connectivity index (χ3n) is 5.50. The van der Waals surface area contributed by atoms with E-state index < -0.39 is 0 Å². The van der Waals surface area contributed by atoms with Crippen molar-refractivity contribution in [2.75, 3.05) is 32.1 Å². The standard InChI is InChI=1S/C21H27N3O3S/c25-20(22-16-5-1-2-6-16)15-28-19-13-24(18-8-4-3-7-17(18)19)14-21(26)23-9-11-27-12-10-23/h3-4,7-8,13,16H,1-2,5-6,9-12,14-15H2,(H,22,25).